The van der Waals surface area contributed by atoms with Crippen molar-refractivity contribution in [1.82, 2.24) is 24.6 Å². The van der Waals surface area contributed by atoms with Crippen molar-refractivity contribution in [3.05, 3.63) is 139 Å². The molecule has 7 rings (SSSR count). The van der Waals surface area contributed by atoms with E-state index in [1.165, 1.54) is 23.6 Å². The molecule has 0 aliphatic heterocycles. The summed E-state index contributed by atoms with van der Waals surface area (Å²) in [6.45, 7) is 4.40. The molecule has 0 spiro atoms. The van der Waals surface area contributed by atoms with Crippen LogP contribution in [0.2, 0.25) is 5.02 Å². The highest BCUT2D eigenvalue weighted by molar-refractivity contribution is 7.97. The van der Waals surface area contributed by atoms with Gasteiger partial charge >= 0.3 is 0 Å². The zero-order valence-electron chi connectivity index (χ0n) is 34.0. The Morgan fingerprint density at radius 1 is 1.03 bits per heavy atom. The van der Waals surface area contributed by atoms with Crippen LogP contribution < -0.4 is 21.9 Å². The summed E-state index contributed by atoms with van der Waals surface area (Å²) in [4.78, 5) is 34.1. The normalized spacial score (nSPS) is 15.4. The Bertz CT molecular complexity index is 2770. The highest BCUT2D eigenvalue weighted by Gasteiger charge is 2.51. The standard InChI is InChI=1S/C44H41ClF6N8O2S/c1-21(2)24-6-8-25(9-7-24)26-10-11-29-32(18-26)55-42(59(43(29)61)34-13-12-31(45)36(38(34)53-4)41(52)57-62-5)33(17-23-15-27(46)19-28(47)16-23)54-35(60)20-58-39-30(37(56-58)40(48)49)14-22(3)44(39,50)51/h6-13,15-16,18-19,21-22,33,40,53H,14,17,20H2,1-5H3,(H2,52,57)(H,54,60). The van der Waals surface area contributed by atoms with Gasteiger partial charge in [-0.1, -0.05) is 62.7 Å². The number of nitrogens with zero attached hydrogens (tertiary/aromatic N) is 5. The lowest BCUT2D eigenvalue weighted by molar-refractivity contribution is -0.123. The Kier molecular flexibility index (Phi) is 12.5. The molecule has 0 bridgehead atoms. The van der Waals surface area contributed by atoms with Gasteiger partial charge in [0.25, 0.3) is 17.9 Å². The number of carbonyl (C=O) groups excluding carboxylic acids is 1. The second-order valence-electron chi connectivity index (χ2n) is 15.3. The molecule has 0 saturated carbocycles. The smallest absolute Gasteiger partial charge is 0.292 e. The minimum absolute atomic E-state index is 0.00584. The number of alkyl halides is 4. The molecule has 1 aliphatic rings. The van der Waals surface area contributed by atoms with Crippen LogP contribution in [0.1, 0.15) is 78.6 Å². The van der Waals surface area contributed by atoms with Crippen molar-refractivity contribution >= 4 is 51.9 Å². The van der Waals surface area contributed by atoms with E-state index in [1.807, 2.05) is 24.3 Å². The minimum Gasteiger partial charge on any atom is -0.386 e. The fourth-order valence-corrected chi connectivity index (χ4v) is 8.45. The van der Waals surface area contributed by atoms with Crippen molar-refractivity contribution in [3.63, 3.8) is 0 Å². The molecule has 1 amide bonds. The van der Waals surface area contributed by atoms with Gasteiger partial charge in [-0.2, -0.15) is 18.3 Å². The van der Waals surface area contributed by atoms with Crippen molar-refractivity contribution in [2.75, 3.05) is 18.6 Å². The average Bonchev–Trinajstić information content (AvgIpc) is 3.69. The predicted octanol–water partition coefficient (Wildman–Crippen LogP) is 9.65. The lowest BCUT2D eigenvalue weighted by Gasteiger charge is -2.25. The summed E-state index contributed by atoms with van der Waals surface area (Å²) >= 11 is 7.72. The summed E-state index contributed by atoms with van der Waals surface area (Å²) in [6.07, 6.45) is -2.29. The minimum atomic E-state index is -3.58. The first kappa shape index (κ1) is 44.3. The molecule has 2 atom stereocenters. The first-order chi connectivity index (χ1) is 29.4. The Morgan fingerprint density at radius 2 is 1.71 bits per heavy atom. The SMILES string of the molecule is CNc1c(-n2c(C(Cc3cc(F)cc(F)c3)NC(=O)Cn3nc(C(F)F)c4c3C(F)(F)C(C)C4)nc3cc(-c4ccc(C(C)C)cc4)ccc3c2=O)ccc(Cl)c1C(N)=NSC. The number of nitrogens with two attached hydrogens (primary N) is 1. The molecule has 2 aromatic heterocycles. The van der Waals surface area contributed by atoms with Crippen LogP contribution in [-0.2, 0) is 30.1 Å². The molecule has 0 saturated heterocycles. The maximum Gasteiger partial charge on any atom is 0.292 e. The first-order valence-electron chi connectivity index (χ1n) is 19.5. The molecule has 0 radical (unpaired) electrons. The van der Waals surface area contributed by atoms with Gasteiger partial charge in [-0.05, 0) is 82.9 Å². The molecule has 18 heteroatoms. The molecule has 4 aromatic carbocycles. The summed E-state index contributed by atoms with van der Waals surface area (Å²) in [7, 11) is 1.56. The molecule has 1 aliphatic carbocycles. The van der Waals surface area contributed by atoms with Crippen LogP contribution in [0, 0.1) is 17.6 Å². The molecule has 0 fully saturated rings. The van der Waals surface area contributed by atoms with Gasteiger partial charge in [0.2, 0.25) is 5.91 Å². The van der Waals surface area contributed by atoms with Crippen LogP contribution in [-0.4, -0.2) is 44.4 Å². The number of hydrogen-bond acceptors (Lipinski definition) is 7. The summed E-state index contributed by atoms with van der Waals surface area (Å²) in [6, 6.07) is 17.2. The highest BCUT2D eigenvalue weighted by atomic mass is 35.5. The molecular weight excluding hydrogens is 854 g/mol. The van der Waals surface area contributed by atoms with Gasteiger partial charge in [0, 0.05) is 37.3 Å². The fraction of sp³-hybridized carbons (Fsp3) is 0.295. The molecular formula is C44H41ClF6N8O2S. The number of fused-ring (bicyclic) bond motifs is 2. The summed E-state index contributed by atoms with van der Waals surface area (Å²) < 4.78 is 94.7. The average molecular weight is 895 g/mol. The summed E-state index contributed by atoms with van der Waals surface area (Å²) in [5.41, 5.74) is 7.16. The van der Waals surface area contributed by atoms with Gasteiger partial charge in [0.05, 0.1) is 38.9 Å². The number of halogens is 7. The van der Waals surface area contributed by atoms with Crippen LogP contribution in [0.25, 0.3) is 27.7 Å². The zero-order chi connectivity index (χ0) is 44.8. The number of rotatable bonds is 13. The maximum absolute atomic E-state index is 15.5. The second-order valence-corrected chi connectivity index (χ2v) is 16.3. The third kappa shape index (κ3) is 8.39. The van der Waals surface area contributed by atoms with Gasteiger partial charge in [0.1, 0.15) is 41.2 Å². The Labute approximate surface area is 361 Å². The van der Waals surface area contributed by atoms with E-state index >= 15 is 13.6 Å². The first-order valence-corrected chi connectivity index (χ1v) is 21.0. The van der Waals surface area contributed by atoms with Gasteiger partial charge in [-0.3, -0.25) is 18.8 Å². The van der Waals surface area contributed by atoms with Crippen molar-refractivity contribution in [2.24, 2.45) is 16.0 Å². The molecule has 2 heterocycles. The van der Waals surface area contributed by atoms with Crippen molar-refractivity contribution < 1.29 is 31.1 Å². The number of aromatic nitrogens is 4. The number of nitrogens with one attached hydrogen (secondary N) is 2. The Balaban J connectivity index is 1.46. The van der Waals surface area contributed by atoms with E-state index in [9.17, 15) is 22.4 Å². The van der Waals surface area contributed by atoms with Gasteiger partial charge in [-0.15, -0.1) is 0 Å². The summed E-state index contributed by atoms with van der Waals surface area (Å²) in [5, 5.41) is 9.81. The molecule has 62 heavy (non-hydrogen) atoms. The molecule has 324 valence electrons. The number of amidine groups is 1. The Morgan fingerprint density at radius 3 is 2.34 bits per heavy atom. The van der Waals surface area contributed by atoms with Crippen LogP contribution in [0.4, 0.5) is 32.0 Å². The number of benzene rings is 4. The predicted molar refractivity (Wildman–Crippen MR) is 231 cm³/mol. The Hall–Kier alpha value is -5.81. The van der Waals surface area contributed by atoms with Crippen molar-refractivity contribution in [1.29, 1.82) is 0 Å². The number of hydrogen-bond donors (Lipinski definition) is 3. The van der Waals surface area contributed by atoms with Gasteiger partial charge in [0.15, 0.2) is 0 Å². The largest absolute Gasteiger partial charge is 0.386 e. The molecule has 2 unspecified atom stereocenters. The van der Waals surface area contributed by atoms with E-state index in [4.69, 9.17) is 22.3 Å². The van der Waals surface area contributed by atoms with Crippen LogP contribution in [0.5, 0.6) is 0 Å². The third-order valence-corrected chi connectivity index (χ3v) is 11.6. The number of anilines is 1. The van der Waals surface area contributed by atoms with Crippen LogP contribution in [0.3, 0.4) is 0 Å². The fourth-order valence-electron chi connectivity index (χ4n) is 7.91. The quantitative estimate of drug-likeness (QED) is 0.0456. The zero-order valence-corrected chi connectivity index (χ0v) is 35.6. The third-order valence-electron chi connectivity index (χ3n) is 10.9. The highest BCUT2D eigenvalue weighted by Crippen LogP contribution is 2.48. The maximum atomic E-state index is 15.5. The molecule has 10 nitrogen and oxygen atoms in total. The van der Waals surface area contributed by atoms with E-state index in [0.29, 0.717) is 16.3 Å². The van der Waals surface area contributed by atoms with Crippen LogP contribution >= 0.6 is 23.5 Å². The number of amides is 1. The van der Waals surface area contributed by atoms with E-state index in [0.717, 1.165) is 35.2 Å². The van der Waals surface area contributed by atoms with E-state index < -0.39 is 71.8 Å². The molecule has 4 N–H and O–H groups in total. The number of carbonyl (C=O) groups is 1. The lowest BCUT2D eigenvalue weighted by Crippen LogP contribution is -2.38. The van der Waals surface area contributed by atoms with Crippen LogP contribution in [0.15, 0.2) is 82.0 Å². The van der Waals surface area contributed by atoms with E-state index in [-0.39, 0.29) is 68.0 Å². The summed E-state index contributed by atoms with van der Waals surface area (Å²) in [5.74, 6) is -7.67. The monoisotopic (exact) mass is 894 g/mol. The lowest BCUT2D eigenvalue weighted by atomic mass is 9.98. The second kappa shape index (κ2) is 17.5. The molecule has 6 aromatic rings. The topological polar surface area (TPSA) is 132 Å². The van der Waals surface area contributed by atoms with Crippen molar-refractivity contribution in [2.45, 2.75) is 64.5 Å². The van der Waals surface area contributed by atoms with E-state index in [2.05, 4.69) is 34.0 Å². The van der Waals surface area contributed by atoms with Gasteiger partial charge in [-0.25, -0.2) is 22.5 Å². The van der Waals surface area contributed by atoms with E-state index in [1.54, 1.807) is 31.5 Å². The van der Waals surface area contributed by atoms with Crippen molar-refractivity contribution in [3.8, 4) is 16.8 Å². The van der Waals surface area contributed by atoms with Gasteiger partial charge < -0.3 is 16.4 Å².